The summed E-state index contributed by atoms with van der Waals surface area (Å²) in [5.74, 6) is -0.294. The van der Waals surface area contributed by atoms with Gasteiger partial charge in [-0.3, -0.25) is 9.48 Å². The number of aromatic nitrogens is 2. The van der Waals surface area contributed by atoms with Crippen molar-refractivity contribution in [3.05, 3.63) is 40.7 Å². The molecule has 1 aromatic carbocycles. The van der Waals surface area contributed by atoms with Crippen LogP contribution in [0.3, 0.4) is 0 Å². The van der Waals surface area contributed by atoms with Crippen LogP contribution in [-0.2, 0) is 7.05 Å². The minimum absolute atomic E-state index is 0.294. The maximum atomic E-state index is 12.1. The molecular formula is C12H13ClN4O. The normalized spacial score (nSPS) is 10.4. The zero-order chi connectivity index (χ0) is 13.3. The number of aryl methyl sites for hydroxylation is 2. The number of nitrogen functional groups attached to an aromatic ring is 1. The van der Waals surface area contributed by atoms with Crippen molar-refractivity contribution in [1.29, 1.82) is 0 Å². The fourth-order valence-corrected chi connectivity index (χ4v) is 1.79. The summed E-state index contributed by atoms with van der Waals surface area (Å²) in [5, 5.41) is 7.45. The van der Waals surface area contributed by atoms with Gasteiger partial charge in [-0.1, -0.05) is 11.6 Å². The molecule has 6 heteroatoms. The second-order valence-electron chi connectivity index (χ2n) is 3.93. The quantitative estimate of drug-likeness (QED) is 0.873. The average molecular weight is 265 g/mol. The largest absolute Gasteiger partial charge is 0.395 e. The lowest BCUT2D eigenvalue weighted by Crippen LogP contribution is -2.17. The summed E-state index contributed by atoms with van der Waals surface area (Å²) in [7, 11) is 1.68. The first-order valence-corrected chi connectivity index (χ1v) is 5.73. The molecule has 1 heterocycles. The van der Waals surface area contributed by atoms with Crippen LogP contribution in [0.4, 0.5) is 11.4 Å². The van der Waals surface area contributed by atoms with Crippen molar-refractivity contribution < 1.29 is 4.79 Å². The number of halogens is 1. The maximum Gasteiger partial charge on any atom is 0.276 e. The van der Waals surface area contributed by atoms with Crippen molar-refractivity contribution in [1.82, 2.24) is 9.78 Å². The van der Waals surface area contributed by atoms with E-state index in [-0.39, 0.29) is 5.91 Å². The van der Waals surface area contributed by atoms with E-state index in [4.69, 9.17) is 17.3 Å². The number of hydrogen-bond acceptors (Lipinski definition) is 3. The van der Waals surface area contributed by atoms with Crippen molar-refractivity contribution in [2.24, 2.45) is 7.05 Å². The third-order valence-corrected chi connectivity index (χ3v) is 2.84. The van der Waals surface area contributed by atoms with Gasteiger partial charge in [-0.15, -0.1) is 0 Å². The third-order valence-electron chi connectivity index (χ3n) is 2.59. The molecule has 0 radical (unpaired) electrons. The van der Waals surface area contributed by atoms with Crippen LogP contribution in [0.15, 0.2) is 24.3 Å². The summed E-state index contributed by atoms with van der Waals surface area (Å²) in [6.07, 6.45) is 0. The molecule has 2 rings (SSSR count). The van der Waals surface area contributed by atoms with E-state index < -0.39 is 0 Å². The molecule has 0 aliphatic heterocycles. The van der Waals surface area contributed by atoms with Gasteiger partial charge in [0.05, 0.1) is 11.4 Å². The smallest absolute Gasteiger partial charge is 0.276 e. The lowest BCUT2D eigenvalue weighted by molar-refractivity contribution is 0.101. The van der Waals surface area contributed by atoms with Gasteiger partial charge in [0.2, 0.25) is 0 Å². The zero-order valence-corrected chi connectivity index (χ0v) is 10.8. The Morgan fingerprint density at radius 1 is 1.39 bits per heavy atom. The van der Waals surface area contributed by atoms with Crippen molar-refractivity contribution in [3.63, 3.8) is 0 Å². The van der Waals surface area contributed by atoms with E-state index in [9.17, 15) is 4.79 Å². The van der Waals surface area contributed by atoms with Crippen molar-refractivity contribution in [2.75, 3.05) is 11.1 Å². The van der Waals surface area contributed by atoms with Gasteiger partial charge in [-0.05, 0) is 31.2 Å². The first kappa shape index (κ1) is 12.4. The molecule has 0 aliphatic rings. The average Bonchev–Trinajstić information content (AvgIpc) is 2.56. The van der Waals surface area contributed by atoms with Crippen LogP contribution in [0.1, 0.15) is 16.2 Å². The fourth-order valence-electron chi connectivity index (χ4n) is 1.67. The molecule has 18 heavy (non-hydrogen) atoms. The van der Waals surface area contributed by atoms with Crippen molar-refractivity contribution in [2.45, 2.75) is 6.92 Å². The van der Waals surface area contributed by atoms with Crippen molar-refractivity contribution >= 4 is 28.9 Å². The Balaban J connectivity index is 2.24. The van der Waals surface area contributed by atoms with E-state index in [1.807, 2.05) is 0 Å². The summed E-state index contributed by atoms with van der Waals surface area (Å²) >= 11 is 5.77. The van der Waals surface area contributed by atoms with Gasteiger partial charge >= 0.3 is 0 Å². The van der Waals surface area contributed by atoms with Gasteiger partial charge in [-0.25, -0.2) is 0 Å². The van der Waals surface area contributed by atoms with Crippen LogP contribution in [0, 0.1) is 6.92 Å². The van der Waals surface area contributed by atoms with Gasteiger partial charge in [-0.2, -0.15) is 5.10 Å². The Labute approximate surface area is 110 Å². The number of carbonyl (C=O) groups is 1. The Bertz CT molecular complexity index is 589. The summed E-state index contributed by atoms with van der Waals surface area (Å²) in [4.78, 5) is 12.1. The summed E-state index contributed by atoms with van der Waals surface area (Å²) in [6.45, 7) is 1.76. The minimum atomic E-state index is -0.294. The van der Waals surface area contributed by atoms with E-state index in [1.54, 1.807) is 38.2 Å². The first-order chi connectivity index (χ1) is 8.49. The SMILES string of the molecule is Cc1nn(C)c(C(=O)Nc2ccc(Cl)cc2)c1N. The molecule has 0 fully saturated rings. The number of rotatable bonds is 2. The topological polar surface area (TPSA) is 72.9 Å². The molecule has 2 aromatic rings. The molecule has 0 saturated heterocycles. The third kappa shape index (κ3) is 2.31. The van der Waals surface area contributed by atoms with E-state index in [0.717, 1.165) is 0 Å². The zero-order valence-electron chi connectivity index (χ0n) is 10.1. The van der Waals surface area contributed by atoms with Gasteiger partial charge in [0.25, 0.3) is 5.91 Å². The van der Waals surface area contributed by atoms with Crippen LogP contribution in [0.25, 0.3) is 0 Å². The highest BCUT2D eigenvalue weighted by atomic mass is 35.5. The molecule has 0 spiro atoms. The number of amides is 1. The number of hydrogen-bond donors (Lipinski definition) is 2. The lowest BCUT2D eigenvalue weighted by Gasteiger charge is -2.06. The molecule has 0 bridgehead atoms. The minimum Gasteiger partial charge on any atom is -0.395 e. The molecule has 0 aliphatic carbocycles. The maximum absolute atomic E-state index is 12.1. The Kier molecular flexibility index (Phi) is 3.25. The van der Waals surface area contributed by atoms with Crippen LogP contribution >= 0.6 is 11.6 Å². The number of benzene rings is 1. The summed E-state index contributed by atoms with van der Waals surface area (Å²) in [5.41, 5.74) is 7.85. The number of nitrogens with two attached hydrogens (primary N) is 1. The molecular weight excluding hydrogens is 252 g/mol. The second-order valence-corrected chi connectivity index (χ2v) is 4.37. The molecule has 1 aromatic heterocycles. The van der Waals surface area contributed by atoms with Gasteiger partial charge in [0, 0.05) is 17.8 Å². The van der Waals surface area contributed by atoms with Gasteiger partial charge in [0.1, 0.15) is 5.69 Å². The molecule has 5 nitrogen and oxygen atoms in total. The summed E-state index contributed by atoms with van der Waals surface area (Å²) < 4.78 is 1.47. The molecule has 1 amide bonds. The lowest BCUT2D eigenvalue weighted by atomic mass is 10.2. The van der Waals surface area contributed by atoms with Gasteiger partial charge < -0.3 is 11.1 Å². The summed E-state index contributed by atoms with van der Waals surface area (Å²) in [6, 6.07) is 6.85. The van der Waals surface area contributed by atoms with Crippen LogP contribution in [0.2, 0.25) is 5.02 Å². The van der Waals surface area contributed by atoms with E-state index in [0.29, 0.717) is 27.8 Å². The molecule has 0 unspecified atom stereocenters. The fraction of sp³-hybridized carbons (Fsp3) is 0.167. The highest BCUT2D eigenvalue weighted by Crippen LogP contribution is 2.18. The molecule has 3 N–H and O–H groups in total. The van der Waals surface area contributed by atoms with Crippen LogP contribution < -0.4 is 11.1 Å². The molecule has 94 valence electrons. The second kappa shape index (κ2) is 4.70. The van der Waals surface area contributed by atoms with Crippen LogP contribution in [0.5, 0.6) is 0 Å². The van der Waals surface area contributed by atoms with E-state index in [2.05, 4.69) is 10.4 Å². The predicted octanol–water partition coefficient (Wildman–Crippen LogP) is 2.22. The Morgan fingerprint density at radius 3 is 2.50 bits per heavy atom. The highest BCUT2D eigenvalue weighted by molar-refractivity contribution is 6.30. The number of carbonyl (C=O) groups excluding carboxylic acids is 1. The van der Waals surface area contributed by atoms with E-state index in [1.165, 1.54) is 4.68 Å². The monoisotopic (exact) mass is 264 g/mol. The first-order valence-electron chi connectivity index (χ1n) is 5.35. The standard InChI is InChI=1S/C12H13ClN4O/c1-7-10(14)11(17(2)16-7)12(18)15-9-5-3-8(13)4-6-9/h3-6H,14H2,1-2H3,(H,15,18). The molecule has 0 saturated carbocycles. The van der Waals surface area contributed by atoms with E-state index >= 15 is 0 Å². The number of anilines is 2. The Morgan fingerprint density at radius 2 is 2.00 bits per heavy atom. The molecule has 0 atom stereocenters. The highest BCUT2D eigenvalue weighted by Gasteiger charge is 2.17. The van der Waals surface area contributed by atoms with Crippen LogP contribution in [-0.4, -0.2) is 15.7 Å². The Hall–Kier alpha value is -2.01. The van der Waals surface area contributed by atoms with Gasteiger partial charge in [0.15, 0.2) is 0 Å². The number of nitrogens with zero attached hydrogens (tertiary/aromatic N) is 2. The number of nitrogens with one attached hydrogen (secondary N) is 1. The van der Waals surface area contributed by atoms with Crippen molar-refractivity contribution in [3.8, 4) is 0 Å². The predicted molar refractivity (Wildman–Crippen MR) is 71.8 cm³/mol.